The SMILES string of the molecule is CCC(O)CCNc1ccncc1[N+](=O)[O-]. The molecule has 1 heterocycles. The third kappa shape index (κ3) is 3.47. The number of hydrogen-bond acceptors (Lipinski definition) is 5. The van der Waals surface area contributed by atoms with E-state index >= 15 is 0 Å². The Morgan fingerprint density at radius 2 is 2.44 bits per heavy atom. The molecule has 0 aromatic carbocycles. The van der Waals surface area contributed by atoms with Crippen LogP contribution in [0.1, 0.15) is 19.8 Å². The van der Waals surface area contributed by atoms with Crippen molar-refractivity contribution >= 4 is 11.4 Å². The van der Waals surface area contributed by atoms with Gasteiger partial charge in [-0.15, -0.1) is 0 Å². The van der Waals surface area contributed by atoms with Gasteiger partial charge in [-0.1, -0.05) is 6.92 Å². The highest BCUT2D eigenvalue weighted by Crippen LogP contribution is 2.21. The summed E-state index contributed by atoms with van der Waals surface area (Å²) in [6.45, 7) is 2.39. The van der Waals surface area contributed by atoms with Crippen molar-refractivity contribution < 1.29 is 10.0 Å². The molecule has 0 radical (unpaired) electrons. The van der Waals surface area contributed by atoms with Gasteiger partial charge < -0.3 is 10.4 Å². The van der Waals surface area contributed by atoms with Gasteiger partial charge in [0, 0.05) is 12.7 Å². The van der Waals surface area contributed by atoms with E-state index in [9.17, 15) is 15.2 Å². The largest absolute Gasteiger partial charge is 0.393 e. The standard InChI is InChI=1S/C10H15N3O3/c1-2-8(14)3-6-12-9-4-5-11-7-10(9)13(15)16/h4-5,7-8,14H,2-3,6H2,1H3,(H,11,12). The van der Waals surface area contributed by atoms with E-state index in [4.69, 9.17) is 0 Å². The van der Waals surface area contributed by atoms with E-state index in [-0.39, 0.29) is 11.8 Å². The zero-order valence-corrected chi connectivity index (χ0v) is 9.09. The third-order valence-electron chi connectivity index (χ3n) is 2.26. The van der Waals surface area contributed by atoms with Crippen molar-refractivity contribution in [1.29, 1.82) is 0 Å². The average Bonchev–Trinajstić information content (AvgIpc) is 2.29. The van der Waals surface area contributed by atoms with Crippen LogP contribution in [0.2, 0.25) is 0 Å². The Bertz CT molecular complexity index is 357. The molecule has 2 N–H and O–H groups in total. The van der Waals surface area contributed by atoms with Crippen LogP contribution in [-0.4, -0.2) is 27.7 Å². The summed E-state index contributed by atoms with van der Waals surface area (Å²) in [5.41, 5.74) is 0.386. The minimum absolute atomic E-state index is 0.0477. The quantitative estimate of drug-likeness (QED) is 0.566. The van der Waals surface area contributed by atoms with Gasteiger partial charge in [0.1, 0.15) is 11.9 Å². The Morgan fingerprint density at radius 3 is 3.06 bits per heavy atom. The molecule has 0 aliphatic carbocycles. The third-order valence-corrected chi connectivity index (χ3v) is 2.26. The Balaban J connectivity index is 2.56. The number of rotatable bonds is 6. The van der Waals surface area contributed by atoms with E-state index in [1.165, 1.54) is 12.4 Å². The predicted molar refractivity (Wildman–Crippen MR) is 60.3 cm³/mol. The van der Waals surface area contributed by atoms with Gasteiger partial charge in [0.05, 0.1) is 11.0 Å². The molecule has 16 heavy (non-hydrogen) atoms. The molecule has 88 valence electrons. The Morgan fingerprint density at radius 1 is 1.69 bits per heavy atom. The monoisotopic (exact) mass is 225 g/mol. The van der Waals surface area contributed by atoms with E-state index in [2.05, 4.69) is 10.3 Å². The number of aliphatic hydroxyl groups excluding tert-OH is 1. The molecular weight excluding hydrogens is 210 g/mol. The Hall–Kier alpha value is -1.69. The van der Waals surface area contributed by atoms with Gasteiger partial charge in [-0.25, -0.2) is 0 Å². The molecule has 1 rings (SSSR count). The van der Waals surface area contributed by atoms with Crippen LogP contribution < -0.4 is 5.32 Å². The van der Waals surface area contributed by atoms with E-state index in [1.54, 1.807) is 6.07 Å². The van der Waals surface area contributed by atoms with Crippen LogP contribution in [0.4, 0.5) is 11.4 Å². The molecule has 0 bridgehead atoms. The first kappa shape index (κ1) is 12.4. The first-order chi connectivity index (χ1) is 7.65. The summed E-state index contributed by atoms with van der Waals surface area (Å²) in [6, 6.07) is 1.55. The molecule has 1 unspecified atom stereocenters. The zero-order valence-electron chi connectivity index (χ0n) is 9.09. The lowest BCUT2D eigenvalue weighted by atomic mass is 10.2. The molecule has 0 saturated carbocycles. The number of aliphatic hydroxyl groups is 1. The van der Waals surface area contributed by atoms with Crippen molar-refractivity contribution in [3.63, 3.8) is 0 Å². The number of nitrogens with one attached hydrogen (secondary N) is 1. The molecule has 0 fully saturated rings. The average molecular weight is 225 g/mol. The van der Waals surface area contributed by atoms with Gasteiger partial charge in [0.25, 0.3) is 0 Å². The molecule has 1 aromatic heterocycles. The smallest absolute Gasteiger partial charge is 0.310 e. The summed E-state index contributed by atoms with van der Waals surface area (Å²) in [5.74, 6) is 0. The van der Waals surface area contributed by atoms with Crippen molar-refractivity contribution in [1.82, 2.24) is 4.98 Å². The Kier molecular flexibility index (Phi) is 4.65. The van der Waals surface area contributed by atoms with Crippen molar-refractivity contribution in [3.8, 4) is 0 Å². The minimum atomic E-state index is -0.481. The van der Waals surface area contributed by atoms with Crippen molar-refractivity contribution in [2.75, 3.05) is 11.9 Å². The summed E-state index contributed by atoms with van der Waals surface area (Å²) >= 11 is 0. The second kappa shape index (κ2) is 6.02. The van der Waals surface area contributed by atoms with Gasteiger partial charge in [0.15, 0.2) is 0 Å². The second-order valence-electron chi connectivity index (χ2n) is 3.43. The topological polar surface area (TPSA) is 88.3 Å². The fourth-order valence-electron chi connectivity index (χ4n) is 1.26. The van der Waals surface area contributed by atoms with Crippen molar-refractivity contribution in [2.45, 2.75) is 25.9 Å². The number of hydrogen-bond donors (Lipinski definition) is 2. The Labute approximate surface area is 93.5 Å². The highest BCUT2D eigenvalue weighted by molar-refractivity contribution is 5.59. The summed E-state index contributed by atoms with van der Waals surface area (Å²) < 4.78 is 0. The van der Waals surface area contributed by atoms with E-state index in [0.29, 0.717) is 25.1 Å². The molecular formula is C10H15N3O3. The lowest BCUT2D eigenvalue weighted by molar-refractivity contribution is -0.384. The number of nitro groups is 1. The number of aromatic nitrogens is 1. The molecule has 0 aliphatic heterocycles. The number of pyridine rings is 1. The molecule has 1 atom stereocenters. The van der Waals surface area contributed by atoms with Crippen LogP contribution in [0, 0.1) is 10.1 Å². The second-order valence-corrected chi connectivity index (χ2v) is 3.43. The maximum Gasteiger partial charge on any atom is 0.310 e. The van der Waals surface area contributed by atoms with Crippen LogP contribution in [0.3, 0.4) is 0 Å². The number of nitrogens with zero attached hydrogens (tertiary/aromatic N) is 2. The minimum Gasteiger partial charge on any atom is -0.393 e. The number of anilines is 1. The zero-order chi connectivity index (χ0) is 12.0. The van der Waals surface area contributed by atoms with Gasteiger partial charge in [0.2, 0.25) is 0 Å². The summed E-state index contributed by atoms with van der Waals surface area (Å²) in [4.78, 5) is 13.9. The maximum atomic E-state index is 10.7. The fourth-order valence-corrected chi connectivity index (χ4v) is 1.26. The fraction of sp³-hybridized carbons (Fsp3) is 0.500. The molecule has 1 aromatic rings. The first-order valence-electron chi connectivity index (χ1n) is 5.15. The molecule has 6 nitrogen and oxygen atoms in total. The van der Waals surface area contributed by atoms with Crippen LogP contribution in [0.15, 0.2) is 18.5 Å². The van der Waals surface area contributed by atoms with E-state index < -0.39 is 4.92 Å². The highest BCUT2D eigenvalue weighted by atomic mass is 16.6. The molecule has 6 heteroatoms. The summed E-state index contributed by atoms with van der Waals surface area (Å²) in [7, 11) is 0. The van der Waals surface area contributed by atoms with Crippen molar-refractivity contribution in [3.05, 3.63) is 28.6 Å². The summed E-state index contributed by atoms with van der Waals surface area (Å²) in [6.07, 6.45) is 3.58. The predicted octanol–water partition coefficient (Wildman–Crippen LogP) is 1.56. The molecule has 0 aliphatic rings. The van der Waals surface area contributed by atoms with Crippen LogP contribution in [0.25, 0.3) is 0 Å². The van der Waals surface area contributed by atoms with Gasteiger partial charge in [-0.3, -0.25) is 15.1 Å². The van der Waals surface area contributed by atoms with Gasteiger partial charge in [-0.2, -0.15) is 0 Å². The first-order valence-corrected chi connectivity index (χ1v) is 5.15. The van der Waals surface area contributed by atoms with Crippen LogP contribution in [0.5, 0.6) is 0 Å². The van der Waals surface area contributed by atoms with E-state index in [0.717, 1.165) is 0 Å². The van der Waals surface area contributed by atoms with Gasteiger partial charge >= 0.3 is 5.69 Å². The van der Waals surface area contributed by atoms with Crippen molar-refractivity contribution in [2.24, 2.45) is 0 Å². The maximum absolute atomic E-state index is 10.7. The van der Waals surface area contributed by atoms with Crippen LogP contribution in [-0.2, 0) is 0 Å². The summed E-state index contributed by atoms with van der Waals surface area (Å²) in [5, 5.41) is 22.9. The molecule has 0 amide bonds. The molecule has 0 spiro atoms. The van der Waals surface area contributed by atoms with Gasteiger partial charge in [-0.05, 0) is 18.9 Å². The molecule has 0 saturated heterocycles. The van der Waals surface area contributed by atoms with E-state index in [1.807, 2.05) is 6.92 Å². The van der Waals surface area contributed by atoms with Crippen LogP contribution >= 0.6 is 0 Å². The lowest BCUT2D eigenvalue weighted by Crippen LogP contribution is -2.12. The normalized spacial score (nSPS) is 12.1. The lowest BCUT2D eigenvalue weighted by Gasteiger charge is -2.09. The highest BCUT2D eigenvalue weighted by Gasteiger charge is 2.12.